The van der Waals surface area contributed by atoms with Crippen LogP contribution in [0.1, 0.15) is 91.9 Å². The second kappa shape index (κ2) is 11.0. The van der Waals surface area contributed by atoms with Gasteiger partial charge in [-0.15, -0.1) is 0 Å². The summed E-state index contributed by atoms with van der Waals surface area (Å²) in [7, 11) is -9.14. The summed E-state index contributed by atoms with van der Waals surface area (Å²) < 4.78 is 73.7. The van der Waals surface area contributed by atoms with Crippen molar-refractivity contribution in [2.75, 3.05) is 6.61 Å². The van der Waals surface area contributed by atoms with Crippen molar-refractivity contribution >= 4 is 20.8 Å². The zero-order chi connectivity index (χ0) is 28.1. The van der Waals surface area contributed by atoms with Crippen LogP contribution in [0, 0.1) is 46.3 Å². The average Bonchev–Trinajstić information content (AvgIpc) is 3.14. The van der Waals surface area contributed by atoms with Gasteiger partial charge in [0, 0.05) is 0 Å². The third kappa shape index (κ3) is 6.19. The molecule has 3 N–H and O–H groups in total. The Hall–Kier alpha value is -0.560. The Balaban J connectivity index is 1.54. The number of hydrogen-bond acceptors (Lipinski definition) is 7. The van der Waals surface area contributed by atoms with Crippen molar-refractivity contribution in [1.29, 1.82) is 0 Å². The first kappa shape index (κ1) is 30.4. The molecule has 0 amide bonds. The van der Waals surface area contributed by atoms with Crippen molar-refractivity contribution in [2.24, 2.45) is 46.3 Å². The van der Waals surface area contributed by atoms with E-state index in [4.69, 9.17) is 12.9 Å². The lowest BCUT2D eigenvalue weighted by molar-refractivity contribution is -0.0788. The van der Waals surface area contributed by atoms with Gasteiger partial charge in [-0.25, -0.2) is 8.37 Å². The Morgan fingerprint density at radius 2 is 1.68 bits per heavy atom. The molecule has 0 saturated heterocycles. The summed E-state index contributed by atoms with van der Waals surface area (Å²) >= 11 is 0. The molecule has 11 heteroatoms. The van der Waals surface area contributed by atoms with Gasteiger partial charge in [-0.05, 0) is 103 Å². The lowest BCUT2D eigenvalue weighted by atomic mass is 9.46. The molecule has 38 heavy (non-hydrogen) atoms. The highest BCUT2D eigenvalue weighted by Gasteiger charge is 2.60. The second-order valence-corrected chi connectivity index (χ2v) is 15.4. The summed E-state index contributed by atoms with van der Waals surface area (Å²) in [6.07, 6.45) is 8.88. The minimum absolute atomic E-state index is 0.0150. The Kier molecular flexibility index (Phi) is 8.82. The Bertz CT molecular complexity index is 1100. The van der Waals surface area contributed by atoms with Crippen LogP contribution < -0.4 is 0 Å². The molecule has 9 nitrogen and oxygen atoms in total. The van der Waals surface area contributed by atoms with Gasteiger partial charge in [0.15, 0.2) is 0 Å². The Morgan fingerprint density at radius 3 is 2.32 bits per heavy atom. The highest BCUT2D eigenvalue weighted by atomic mass is 32.3. The highest BCUT2D eigenvalue weighted by molar-refractivity contribution is 7.81. The molecule has 9 atom stereocenters. The molecule has 0 aliphatic heterocycles. The van der Waals surface area contributed by atoms with Crippen molar-refractivity contribution < 1.29 is 39.4 Å². The largest absolute Gasteiger partial charge is 0.397 e. The Morgan fingerprint density at radius 1 is 0.974 bits per heavy atom. The van der Waals surface area contributed by atoms with E-state index in [1.807, 2.05) is 0 Å². The van der Waals surface area contributed by atoms with E-state index >= 15 is 0 Å². The van der Waals surface area contributed by atoms with Crippen LogP contribution >= 0.6 is 0 Å². The first-order valence-corrected chi connectivity index (χ1v) is 16.9. The van der Waals surface area contributed by atoms with E-state index in [9.17, 15) is 26.5 Å². The van der Waals surface area contributed by atoms with E-state index in [0.29, 0.717) is 42.4 Å². The Labute approximate surface area is 228 Å². The molecule has 0 unspecified atom stereocenters. The molecule has 4 aliphatic carbocycles. The third-order valence-electron chi connectivity index (χ3n) is 10.8. The summed E-state index contributed by atoms with van der Waals surface area (Å²) in [5, 5.41) is 11.0. The monoisotopic (exact) mass is 578 g/mol. The molecule has 0 spiro atoms. The van der Waals surface area contributed by atoms with Crippen LogP contribution in [-0.4, -0.2) is 49.9 Å². The summed E-state index contributed by atoms with van der Waals surface area (Å²) in [4.78, 5) is 0. The van der Waals surface area contributed by atoms with Gasteiger partial charge < -0.3 is 5.11 Å². The average molecular weight is 579 g/mol. The molecule has 0 radical (unpaired) electrons. The maximum atomic E-state index is 11.4. The van der Waals surface area contributed by atoms with Gasteiger partial charge in [0.2, 0.25) is 0 Å². The maximum absolute atomic E-state index is 11.4. The molecule has 0 heterocycles. The van der Waals surface area contributed by atoms with Crippen LogP contribution in [0.15, 0.2) is 11.6 Å². The first-order valence-electron chi connectivity index (χ1n) is 14.2. The van der Waals surface area contributed by atoms with Gasteiger partial charge >= 0.3 is 20.8 Å². The van der Waals surface area contributed by atoms with Crippen LogP contribution in [0.2, 0.25) is 0 Å². The summed E-state index contributed by atoms with van der Waals surface area (Å²) in [5.74, 6) is 2.18. The first-order chi connectivity index (χ1) is 17.6. The number of aliphatic hydroxyl groups excluding tert-OH is 1. The van der Waals surface area contributed by atoms with Gasteiger partial charge in [-0.2, -0.15) is 16.8 Å². The number of allylic oxidation sites excluding steroid dienone is 1. The van der Waals surface area contributed by atoms with Crippen LogP contribution in [0.3, 0.4) is 0 Å². The van der Waals surface area contributed by atoms with Crippen LogP contribution in [-0.2, 0) is 29.2 Å². The van der Waals surface area contributed by atoms with Crippen LogP contribution in [0.25, 0.3) is 0 Å². The van der Waals surface area contributed by atoms with Crippen LogP contribution in [0.5, 0.6) is 0 Å². The standard InChI is InChI=1S/C27H46O9S2/c1-17(2)6-5-7-18(16-35-37(29,30)31)20-10-11-21-19-8-9-23-25(28)24(36-38(32,33)34)13-15-27(23,4)22(19)12-14-26(20,21)3/h9,17-22,24-25,28H,5-8,10-16H2,1-4H3,(H,29,30,31)(H,32,33,34)/t18-,19-,20-,21+,22-,24+,25+,26+,27+/m0/s1. The zero-order valence-corrected chi connectivity index (χ0v) is 24.7. The SMILES string of the molecule is CC(C)CCC[C@@H](COS(=O)(=O)O)[C@@H]1CC[C@@H]2[C@@H]3CC=C4[C@@H](O)[C@H](OS(=O)(=O)O)CC[C@]4(C)[C@H]3CC[C@@]21C. The van der Waals surface area contributed by atoms with Crippen molar-refractivity contribution in [3.63, 3.8) is 0 Å². The molecule has 0 aromatic rings. The fourth-order valence-corrected chi connectivity index (χ4v) is 10.0. The quantitative estimate of drug-likeness (QED) is 0.241. The van der Waals surface area contributed by atoms with E-state index in [0.717, 1.165) is 56.9 Å². The van der Waals surface area contributed by atoms with Gasteiger partial charge in [-0.1, -0.05) is 46.6 Å². The van der Waals surface area contributed by atoms with Crippen LogP contribution in [0.4, 0.5) is 0 Å². The van der Waals surface area contributed by atoms with E-state index in [1.165, 1.54) is 0 Å². The van der Waals surface area contributed by atoms with Gasteiger partial charge in [0.1, 0.15) is 12.2 Å². The number of aliphatic hydroxyl groups is 1. The fraction of sp³-hybridized carbons (Fsp3) is 0.926. The predicted octanol–water partition coefficient (Wildman–Crippen LogP) is 4.99. The van der Waals surface area contributed by atoms with Crippen molar-refractivity contribution in [3.05, 3.63) is 11.6 Å². The normalized spacial score (nSPS) is 40.3. The minimum Gasteiger partial charge on any atom is -0.386 e. The van der Waals surface area contributed by atoms with Gasteiger partial charge in [0.05, 0.1) is 6.61 Å². The summed E-state index contributed by atoms with van der Waals surface area (Å²) in [6, 6.07) is 0. The third-order valence-corrected chi connectivity index (χ3v) is 11.7. The molecule has 0 aromatic heterocycles. The molecule has 4 rings (SSSR count). The van der Waals surface area contributed by atoms with Crippen molar-refractivity contribution in [1.82, 2.24) is 0 Å². The summed E-state index contributed by atoms with van der Waals surface area (Å²) in [5.41, 5.74) is 0.619. The number of fused-ring (bicyclic) bond motifs is 5. The van der Waals surface area contributed by atoms with E-state index in [1.54, 1.807) is 0 Å². The zero-order valence-electron chi connectivity index (χ0n) is 23.1. The van der Waals surface area contributed by atoms with Crippen molar-refractivity contribution in [3.8, 4) is 0 Å². The molecule has 0 aromatic carbocycles. The molecule has 220 valence electrons. The topological polar surface area (TPSA) is 147 Å². The molecule has 4 aliphatic rings. The van der Waals surface area contributed by atoms with E-state index in [-0.39, 0.29) is 23.4 Å². The molecule has 3 saturated carbocycles. The minimum atomic E-state index is -4.65. The van der Waals surface area contributed by atoms with Gasteiger partial charge in [0.25, 0.3) is 0 Å². The predicted molar refractivity (Wildman–Crippen MR) is 143 cm³/mol. The molecular weight excluding hydrogens is 532 g/mol. The number of hydrogen-bond donors (Lipinski definition) is 3. The molecule has 0 bridgehead atoms. The fourth-order valence-electron chi connectivity index (χ4n) is 9.14. The number of rotatable bonds is 10. The molecular formula is C27H46O9S2. The van der Waals surface area contributed by atoms with Crippen molar-refractivity contribution in [2.45, 2.75) is 104 Å². The highest BCUT2D eigenvalue weighted by Crippen LogP contribution is 2.67. The maximum Gasteiger partial charge on any atom is 0.397 e. The lowest BCUT2D eigenvalue weighted by Crippen LogP contribution is -2.54. The van der Waals surface area contributed by atoms with E-state index < -0.39 is 33.0 Å². The second-order valence-electron chi connectivity index (χ2n) is 13.3. The van der Waals surface area contributed by atoms with Gasteiger partial charge in [-0.3, -0.25) is 9.11 Å². The lowest BCUT2D eigenvalue weighted by Gasteiger charge is -2.59. The van der Waals surface area contributed by atoms with E-state index in [2.05, 4.69) is 33.8 Å². The molecule has 3 fully saturated rings. The smallest absolute Gasteiger partial charge is 0.386 e. The summed E-state index contributed by atoms with van der Waals surface area (Å²) in [6.45, 7) is 8.93.